The van der Waals surface area contributed by atoms with Gasteiger partial charge in [-0.2, -0.15) is 0 Å². The normalized spacial score (nSPS) is 10.8. The molecule has 19 heteroatoms. The molecule has 1 radical (unpaired) electrons. The predicted molar refractivity (Wildman–Crippen MR) is 123 cm³/mol. The molecule has 0 saturated heterocycles. The molecular weight excluding hydrogens is 539 g/mol. The molecule has 0 amide bonds. The smallest absolute Gasteiger partial charge is 0.325 e. The Balaban J connectivity index is 0.000000253. The van der Waals surface area contributed by atoms with Gasteiger partial charge in [0.15, 0.2) is 11.4 Å². The predicted octanol–water partition coefficient (Wildman–Crippen LogP) is 4.71. The largest absolute Gasteiger partial charge is 0.493 e. The van der Waals surface area contributed by atoms with Crippen LogP contribution in [-0.2, 0) is 17.1 Å². The summed E-state index contributed by atoms with van der Waals surface area (Å²) in [6, 6.07) is 5.73. The molecule has 0 fully saturated rings. The first kappa shape index (κ1) is 27.8. The third-order valence-electron chi connectivity index (χ3n) is 4.38. The van der Waals surface area contributed by atoms with Crippen molar-refractivity contribution in [3.05, 3.63) is 56.6 Å². The number of aromatic amines is 2. The van der Waals surface area contributed by atoms with E-state index in [1.54, 1.807) is 0 Å². The second-order valence-electron chi connectivity index (χ2n) is 6.67. The van der Waals surface area contributed by atoms with Crippen LogP contribution >= 0.6 is 0 Å². The summed E-state index contributed by atoms with van der Waals surface area (Å²) in [5.74, 6) is -0.703. The van der Waals surface area contributed by atoms with E-state index in [0.717, 1.165) is 0 Å². The molecule has 18 nitrogen and oxygen atoms in total. The third kappa shape index (κ3) is 6.38. The Kier molecular flexibility index (Phi) is 8.52. The summed E-state index contributed by atoms with van der Waals surface area (Å²) in [4.78, 5) is 25.0. The number of aliphatic hydroxyl groups excluding tert-OH is 2. The summed E-state index contributed by atoms with van der Waals surface area (Å²) in [5, 5.41) is 84.6. The van der Waals surface area contributed by atoms with Gasteiger partial charge in [0.05, 0.1) is 20.9 Å². The maximum Gasteiger partial charge on any atom is 0.325 e. The zero-order valence-corrected chi connectivity index (χ0v) is 19.1. The van der Waals surface area contributed by atoms with Crippen LogP contribution in [0.15, 0.2) is 56.9 Å². The molecule has 0 aliphatic carbocycles. The van der Waals surface area contributed by atoms with E-state index in [9.17, 15) is 30.4 Å². The molecule has 2 aromatic heterocycles. The molecule has 0 aliphatic rings. The van der Waals surface area contributed by atoms with Crippen LogP contribution in [0.1, 0.15) is 0 Å². The summed E-state index contributed by atoms with van der Waals surface area (Å²) in [7, 11) is 0. The van der Waals surface area contributed by atoms with Crippen LogP contribution in [0.25, 0.3) is 21.8 Å². The Morgan fingerprint density at radius 2 is 1.11 bits per heavy atom. The fraction of sp³-hybridized carbons (Fsp3) is 0. The number of H-pyrrole nitrogens is 2. The number of aliphatic hydroxyl groups is 2. The zero-order chi connectivity index (χ0) is 26.6. The fourth-order valence-corrected chi connectivity index (χ4v) is 2.94. The van der Waals surface area contributed by atoms with Gasteiger partial charge < -0.3 is 30.4 Å². The number of hydrogen-bond acceptors (Lipinski definition) is 10. The van der Waals surface area contributed by atoms with Crippen molar-refractivity contribution in [3.63, 3.8) is 0 Å². The number of fused-ring (bicyclic) bond motifs is 2. The van der Waals surface area contributed by atoms with Crippen LogP contribution in [0.5, 0.6) is 11.8 Å². The molecule has 4 rings (SSSR count). The maximum atomic E-state index is 10.6. The van der Waals surface area contributed by atoms with E-state index in [2.05, 4.69) is 30.4 Å². The van der Waals surface area contributed by atoms with Crippen LogP contribution in [0.3, 0.4) is 0 Å². The Morgan fingerprint density at radius 3 is 1.41 bits per heavy atom. The maximum absolute atomic E-state index is 10.6. The van der Waals surface area contributed by atoms with E-state index in [4.69, 9.17) is 21.0 Å². The Labute approximate surface area is 213 Å². The minimum atomic E-state index is -1.01. The Hall–Kier alpha value is -5.42. The van der Waals surface area contributed by atoms with Crippen LogP contribution in [0.2, 0.25) is 0 Å². The standard InChI is InChI=1S/2C9H7N5O4.Mn/c2*10-9(16)13-12-7-5-2-1-4(14(17)18)3-6(5)11-8(7)15;/h2*1-3,11,15H,(H2,10,16);. The third-order valence-corrected chi connectivity index (χ3v) is 4.38. The Bertz CT molecular complexity index is 1470. The van der Waals surface area contributed by atoms with Crippen LogP contribution in [0, 0.1) is 31.0 Å². The van der Waals surface area contributed by atoms with Crippen LogP contribution in [-0.4, -0.2) is 52.3 Å². The van der Waals surface area contributed by atoms with Gasteiger partial charge in [-0.25, -0.2) is 10.8 Å². The molecule has 8 N–H and O–H groups in total. The summed E-state index contributed by atoms with van der Waals surface area (Å²) >= 11 is 0. The summed E-state index contributed by atoms with van der Waals surface area (Å²) in [5.41, 5.74) is 0.335. The second kappa shape index (κ2) is 11.3. The van der Waals surface area contributed by atoms with Gasteiger partial charge in [0.25, 0.3) is 11.4 Å². The van der Waals surface area contributed by atoms with Crippen molar-refractivity contribution >= 4 is 56.6 Å². The molecule has 0 aliphatic heterocycles. The number of aromatic hydroxyl groups is 2. The molecule has 0 spiro atoms. The molecule has 0 atom stereocenters. The molecule has 0 saturated carbocycles. The topological polar surface area (TPSA) is 296 Å². The number of nitro benzene ring substituents is 2. The minimum absolute atomic E-state index is 0. The monoisotopic (exact) mass is 553 g/mol. The number of rotatable bonds is 4. The first-order valence-corrected chi connectivity index (χ1v) is 9.34. The van der Waals surface area contributed by atoms with Gasteiger partial charge in [-0.15, -0.1) is 10.2 Å². The summed E-state index contributed by atoms with van der Waals surface area (Å²) in [6.45, 7) is 0. The van der Waals surface area contributed by atoms with Crippen molar-refractivity contribution in [2.24, 2.45) is 20.5 Å². The number of non-ortho nitro benzene ring substituents is 2. The SMILES string of the molecule is N=C(O)N=Nc1c(O)[nH]c2cc([N+](=O)[O-])ccc12.N=C(O)N=Nc1c(O)[nH]c2cc([N+](=O)[O-])ccc12.[Mn]. The van der Waals surface area contributed by atoms with Crippen molar-refractivity contribution in [1.29, 1.82) is 10.8 Å². The molecule has 37 heavy (non-hydrogen) atoms. The number of nitro groups is 2. The van der Waals surface area contributed by atoms with Gasteiger partial charge in [-0.05, 0) is 12.1 Å². The average molecular weight is 553 g/mol. The minimum Gasteiger partial charge on any atom is -0.493 e. The van der Waals surface area contributed by atoms with E-state index in [-0.39, 0.29) is 51.6 Å². The first-order chi connectivity index (χ1) is 17.0. The van der Waals surface area contributed by atoms with Gasteiger partial charge in [-0.1, -0.05) is 10.2 Å². The van der Waals surface area contributed by atoms with Gasteiger partial charge in [0.2, 0.25) is 11.8 Å². The molecular formula is C18H14MnN10O8. The second-order valence-corrected chi connectivity index (χ2v) is 6.67. The fourth-order valence-electron chi connectivity index (χ4n) is 2.94. The van der Waals surface area contributed by atoms with Gasteiger partial charge in [-0.3, -0.25) is 20.2 Å². The molecule has 191 valence electrons. The molecule has 0 unspecified atom stereocenters. The van der Waals surface area contributed by atoms with E-state index in [0.29, 0.717) is 21.8 Å². The van der Waals surface area contributed by atoms with Crippen molar-refractivity contribution in [2.75, 3.05) is 0 Å². The molecule has 4 aromatic rings. The van der Waals surface area contributed by atoms with Gasteiger partial charge >= 0.3 is 12.0 Å². The number of azo groups is 2. The zero-order valence-electron chi connectivity index (χ0n) is 17.9. The number of benzene rings is 2. The summed E-state index contributed by atoms with van der Waals surface area (Å²) in [6.07, 6.45) is 0. The van der Waals surface area contributed by atoms with E-state index >= 15 is 0 Å². The number of hydrogen-bond donors (Lipinski definition) is 8. The quantitative estimate of drug-likeness (QED) is 0.0435. The summed E-state index contributed by atoms with van der Waals surface area (Å²) < 4.78 is 0. The molecule has 0 bridgehead atoms. The van der Waals surface area contributed by atoms with E-state index in [1.807, 2.05) is 0 Å². The number of nitrogens with one attached hydrogen (secondary N) is 4. The Morgan fingerprint density at radius 1 is 0.757 bits per heavy atom. The van der Waals surface area contributed by atoms with Gasteiger partial charge in [0.1, 0.15) is 0 Å². The molecule has 2 aromatic carbocycles. The van der Waals surface area contributed by atoms with Crippen molar-refractivity contribution < 1.29 is 47.3 Å². The van der Waals surface area contributed by atoms with Crippen LogP contribution < -0.4 is 0 Å². The van der Waals surface area contributed by atoms with Gasteiger partial charge in [0, 0.05) is 52.1 Å². The van der Waals surface area contributed by atoms with E-state index in [1.165, 1.54) is 36.4 Å². The van der Waals surface area contributed by atoms with Crippen molar-refractivity contribution in [2.45, 2.75) is 0 Å². The number of aromatic nitrogens is 2. The molecule has 2 heterocycles. The van der Waals surface area contributed by atoms with Crippen LogP contribution in [0.4, 0.5) is 22.7 Å². The number of amidine groups is 2. The number of nitrogens with zero attached hydrogens (tertiary/aromatic N) is 6. The van der Waals surface area contributed by atoms with Crippen molar-refractivity contribution in [1.82, 2.24) is 9.97 Å². The van der Waals surface area contributed by atoms with Crippen molar-refractivity contribution in [3.8, 4) is 11.8 Å². The average Bonchev–Trinajstić information content (AvgIpc) is 3.29. The first-order valence-electron chi connectivity index (χ1n) is 9.34. The van der Waals surface area contributed by atoms with E-state index < -0.39 is 21.9 Å².